The number of pyridine rings is 1. The van der Waals surface area contributed by atoms with Crippen molar-refractivity contribution < 1.29 is 24.2 Å². The Kier molecular flexibility index (Phi) is 5.52. The Bertz CT molecular complexity index is 1210. The van der Waals surface area contributed by atoms with E-state index in [1.807, 2.05) is 10.8 Å². The van der Waals surface area contributed by atoms with E-state index < -0.39 is 17.7 Å². The first-order chi connectivity index (χ1) is 16.1. The third-order valence-electron chi connectivity index (χ3n) is 5.75. The quantitative estimate of drug-likeness (QED) is 0.352. The zero-order chi connectivity index (χ0) is 22.8. The lowest BCUT2D eigenvalue weighted by molar-refractivity contribution is -0.139. The molecule has 4 heterocycles. The molecule has 9 heteroatoms. The molecule has 3 aromatic rings. The number of aryl methyl sites for hydroxylation is 1. The lowest BCUT2D eigenvalue weighted by Gasteiger charge is -2.25. The van der Waals surface area contributed by atoms with Crippen molar-refractivity contribution in [3.63, 3.8) is 0 Å². The average molecular weight is 446 g/mol. The fourth-order valence-electron chi connectivity index (χ4n) is 4.19. The van der Waals surface area contributed by atoms with Crippen molar-refractivity contribution in [1.82, 2.24) is 19.4 Å². The minimum atomic E-state index is -0.719. The second-order valence-electron chi connectivity index (χ2n) is 7.79. The van der Waals surface area contributed by atoms with Crippen LogP contribution < -0.4 is 9.47 Å². The number of nitrogens with zero attached hydrogens (tertiary/aromatic N) is 4. The summed E-state index contributed by atoms with van der Waals surface area (Å²) in [6, 6.07) is 7.74. The van der Waals surface area contributed by atoms with E-state index in [4.69, 9.17) is 9.47 Å². The van der Waals surface area contributed by atoms with E-state index >= 15 is 0 Å². The number of hydrogen-bond acceptors (Lipinski definition) is 7. The standard InChI is InChI=1S/C24H22N4O5/c29-22(17-2-3-18-19(14-17)33-13-12-32-18)20-21(16-4-6-25-7-5-16)28(24(31)23(20)30)10-1-9-27-11-8-26-15-27/h2-8,11,14-15,21,29H,1,9-10,12-13H2/t21-/m0/s1. The van der Waals surface area contributed by atoms with Crippen LogP contribution in [0.25, 0.3) is 5.76 Å². The summed E-state index contributed by atoms with van der Waals surface area (Å²) in [5.74, 6) is -0.540. The van der Waals surface area contributed by atoms with Crippen LogP contribution in [0.15, 0.2) is 67.0 Å². The maximum atomic E-state index is 13.1. The number of Topliss-reactive ketones (excluding diaryl/α,β-unsaturated/α-hetero) is 1. The molecular formula is C24H22N4O5. The van der Waals surface area contributed by atoms with E-state index in [0.29, 0.717) is 55.4 Å². The minimum absolute atomic E-state index is 0.0468. The largest absolute Gasteiger partial charge is 0.507 e. The van der Waals surface area contributed by atoms with Crippen LogP contribution in [-0.2, 0) is 16.1 Å². The van der Waals surface area contributed by atoms with Crippen molar-refractivity contribution in [2.45, 2.75) is 19.0 Å². The molecule has 0 spiro atoms. The van der Waals surface area contributed by atoms with Crippen LogP contribution >= 0.6 is 0 Å². The van der Waals surface area contributed by atoms with Crippen molar-refractivity contribution in [3.8, 4) is 11.5 Å². The van der Waals surface area contributed by atoms with E-state index in [2.05, 4.69) is 9.97 Å². The number of likely N-dealkylation sites (tertiary alicyclic amines) is 1. The number of aliphatic hydroxyl groups is 1. The molecule has 1 saturated heterocycles. The number of ether oxygens (including phenoxy) is 2. The number of carbonyl (C=O) groups excluding carboxylic acids is 2. The number of aromatic nitrogens is 3. The van der Waals surface area contributed by atoms with Crippen molar-refractivity contribution in [2.24, 2.45) is 0 Å². The van der Waals surface area contributed by atoms with Gasteiger partial charge in [0.25, 0.3) is 11.7 Å². The topological polar surface area (TPSA) is 107 Å². The van der Waals surface area contributed by atoms with E-state index in [9.17, 15) is 14.7 Å². The predicted molar refractivity (Wildman–Crippen MR) is 118 cm³/mol. The van der Waals surface area contributed by atoms with Crippen LogP contribution in [0.4, 0.5) is 0 Å². The van der Waals surface area contributed by atoms with Crippen LogP contribution in [0.1, 0.15) is 23.6 Å². The van der Waals surface area contributed by atoms with Crippen LogP contribution in [0.3, 0.4) is 0 Å². The van der Waals surface area contributed by atoms with Gasteiger partial charge in [0.2, 0.25) is 0 Å². The molecule has 0 saturated carbocycles. The van der Waals surface area contributed by atoms with Crippen LogP contribution in [-0.4, -0.2) is 56.0 Å². The lowest BCUT2D eigenvalue weighted by Crippen LogP contribution is -2.31. The molecule has 1 fully saturated rings. The van der Waals surface area contributed by atoms with Gasteiger partial charge < -0.3 is 24.0 Å². The maximum Gasteiger partial charge on any atom is 0.295 e. The first kappa shape index (κ1) is 20.7. The van der Waals surface area contributed by atoms with Crippen molar-refractivity contribution >= 4 is 17.4 Å². The van der Waals surface area contributed by atoms with Crippen LogP contribution in [0, 0.1) is 0 Å². The SMILES string of the molecule is O=C1C(=O)N(CCCn2ccnc2)[C@@H](c2ccncc2)C1=C(O)c1ccc2c(c1)OCCO2. The molecule has 2 aromatic heterocycles. The Balaban J connectivity index is 1.52. The summed E-state index contributed by atoms with van der Waals surface area (Å²) in [7, 11) is 0. The number of amides is 1. The molecule has 1 N–H and O–H groups in total. The third kappa shape index (κ3) is 3.93. The fourth-order valence-corrected chi connectivity index (χ4v) is 4.19. The highest BCUT2D eigenvalue weighted by Crippen LogP contribution is 2.41. The second-order valence-corrected chi connectivity index (χ2v) is 7.79. The molecule has 0 bridgehead atoms. The molecule has 5 rings (SSSR count). The molecule has 1 atom stereocenters. The second kappa shape index (κ2) is 8.78. The van der Waals surface area contributed by atoms with E-state index in [-0.39, 0.29) is 11.3 Å². The highest BCUT2D eigenvalue weighted by Gasteiger charge is 2.45. The Morgan fingerprint density at radius 1 is 1.00 bits per heavy atom. The molecule has 168 valence electrons. The van der Waals surface area contributed by atoms with Crippen LogP contribution in [0.2, 0.25) is 0 Å². The van der Waals surface area contributed by atoms with Gasteiger partial charge in [-0.05, 0) is 42.3 Å². The molecule has 0 unspecified atom stereocenters. The summed E-state index contributed by atoms with van der Waals surface area (Å²) in [6.45, 7) is 1.84. The molecule has 1 amide bonds. The van der Waals surface area contributed by atoms with Crippen molar-refractivity contribution in [2.75, 3.05) is 19.8 Å². The molecular weight excluding hydrogens is 424 g/mol. The number of ketones is 1. The minimum Gasteiger partial charge on any atom is -0.507 e. The molecule has 0 aliphatic carbocycles. The number of hydrogen-bond donors (Lipinski definition) is 1. The van der Waals surface area contributed by atoms with E-state index in [1.54, 1.807) is 55.2 Å². The van der Waals surface area contributed by atoms with E-state index in [0.717, 1.165) is 0 Å². The summed E-state index contributed by atoms with van der Waals surface area (Å²) in [5, 5.41) is 11.2. The summed E-state index contributed by atoms with van der Waals surface area (Å²) < 4.78 is 13.1. The number of benzene rings is 1. The first-order valence-corrected chi connectivity index (χ1v) is 10.7. The van der Waals surface area contributed by atoms with E-state index in [1.165, 1.54) is 4.90 Å². The molecule has 2 aliphatic heterocycles. The summed E-state index contributed by atoms with van der Waals surface area (Å²) in [5.41, 5.74) is 1.13. The predicted octanol–water partition coefficient (Wildman–Crippen LogP) is 2.56. The van der Waals surface area contributed by atoms with Gasteiger partial charge in [-0.2, -0.15) is 0 Å². The normalized spacial score (nSPS) is 19.2. The fraction of sp³-hybridized carbons (Fsp3) is 0.250. The summed E-state index contributed by atoms with van der Waals surface area (Å²) >= 11 is 0. The number of fused-ring (bicyclic) bond motifs is 1. The summed E-state index contributed by atoms with van der Waals surface area (Å²) in [6.07, 6.45) is 9.06. The Hall–Kier alpha value is -4.14. The van der Waals surface area contributed by atoms with Gasteiger partial charge in [-0.1, -0.05) is 0 Å². The van der Waals surface area contributed by atoms with Crippen molar-refractivity contribution in [3.05, 3.63) is 78.1 Å². The number of rotatable bonds is 6. The number of carbonyl (C=O) groups is 2. The van der Waals surface area contributed by atoms with Gasteiger partial charge in [-0.3, -0.25) is 14.6 Å². The Morgan fingerprint density at radius 3 is 2.55 bits per heavy atom. The van der Waals surface area contributed by atoms with Crippen molar-refractivity contribution in [1.29, 1.82) is 0 Å². The van der Waals surface area contributed by atoms with Crippen LogP contribution in [0.5, 0.6) is 11.5 Å². The average Bonchev–Trinajstić information content (AvgIpc) is 3.46. The summed E-state index contributed by atoms with van der Waals surface area (Å²) in [4.78, 5) is 35.7. The zero-order valence-corrected chi connectivity index (χ0v) is 17.8. The molecule has 0 radical (unpaired) electrons. The highest BCUT2D eigenvalue weighted by molar-refractivity contribution is 6.46. The lowest BCUT2D eigenvalue weighted by atomic mass is 9.95. The van der Waals surface area contributed by atoms with Gasteiger partial charge in [-0.15, -0.1) is 0 Å². The third-order valence-corrected chi connectivity index (χ3v) is 5.75. The monoisotopic (exact) mass is 446 g/mol. The molecule has 1 aromatic carbocycles. The molecule has 9 nitrogen and oxygen atoms in total. The highest BCUT2D eigenvalue weighted by atomic mass is 16.6. The Morgan fingerprint density at radius 2 is 1.79 bits per heavy atom. The smallest absolute Gasteiger partial charge is 0.295 e. The van der Waals surface area contributed by atoms with Gasteiger partial charge in [0.05, 0.1) is 17.9 Å². The van der Waals surface area contributed by atoms with Gasteiger partial charge >= 0.3 is 0 Å². The first-order valence-electron chi connectivity index (χ1n) is 10.7. The van der Waals surface area contributed by atoms with Gasteiger partial charge in [0.15, 0.2) is 11.5 Å². The van der Waals surface area contributed by atoms with Gasteiger partial charge in [0, 0.05) is 43.4 Å². The van der Waals surface area contributed by atoms with Gasteiger partial charge in [-0.25, -0.2) is 4.98 Å². The Labute approximate surface area is 189 Å². The molecule has 2 aliphatic rings. The number of imidazole rings is 1. The molecule has 33 heavy (non-hydrogen) atoms. The maximum absolute atomic E-state index is 13.1. The zero-order valence-electron chi connectivity index (χ0n) is 17.8. The van der Waals surface area contributed by atoms with Gasteiger partial charge in [0.1, 0.15) is 19.0 Å². The number of aliphatic hydroxyl groups excluding tert-OH is 1.